The predicted octanol–water partition coefficient (Wildman–Crippen LogP) is 3.43. The number of carbonyl (C=O) groups excluding carboxylic acids is 2. The van der Waals surface area contributed by atoms with Crippen LogP contribution < -0.4 is 4.90 Å². The second-order valence-electron chi connectivity index (χ2n) is 5.58. The first-order valence-corrected chi connectivity index (χ1v) is 7.74. The highest BCUT2D eigenvalue weighted by Gasteiger charge is 2.43. The van der Waals surface area contributed by atoms with Crippen molar-refractivity contribution < 1.29 is 36.3 Å². The van der Waals surface area contributed by atoms with Gasteiger partial charge in [-0.05, 0) is 13.0 Å². The van der Waals surface area contributed by atoms with Gasteiger partial charge >= 0.3 is 5.97 Å². The number of nitrogens with zero attached hydrogens (tertiary/aromatic N) is 2. The molecule has 1 amide bonds. The number of pyridine rings is 1. The largest absolute Gasteiger partial charge is 0.466 e. The van der Waals surface area contributed by atoms with Crippen molar-refractivity contribution in [3.05, 3.63) is 58.7 Å². The number of carbonyl (C=O) groups is 2. The van der Waals surface area contributed by atoms with E-state index in [-0.39, 0.29) is 17.7 Å². The number of anilines is 1. The van der Waals surface area contributed by atoms with Gasteiger partial charge in [0, 0.05) is 23.5 Å². The van der Waals surface area contributed by atoms with Crippen LogP contribution in [0.5, 0.6) is 0 Å². The average Bonchev–Trinajstić information content (AvgIpc) is 2.92. The van der Waals surface area contributed by atoms with E-state index in [1.54, 1.807) is 0 Å². The molecule has 0 saturated heterocycles. The normalized spacial score (nSPS) is 15.9. The fourth-order valence-electron chi connectivity index (χ4n) is 2.92. The van der Waals surface area contributed by atoms with Crippen LogP contribution in [0.4, 0.5) is 27.6 Å². The van der Waals surface area contributed by atoms with E-state index in [2.05, 4.69) is 4.98 Å². The van der Waals surface area contributed by atoms with Crippen molar-refractivity contribution >= 4 is 17.6 Å². The highest BCUT2D eigenvalue weighted by molar-refractivity contribution is 6.11. The lowest BCUT2D eigenvalue weighted by Gasteiger charge is -2.26. The molecule has 2 heterocycles. The number of benzene rings is 1. The molecule has 1 aliphatic rings. The van der Waals surface area contributed by atoms with E-state index in [0.29, 0.717) is 4.90 Å². The van der Waals surface area contributed by atoms with Crippen LogP contribution in [0.25, 0.3) is 0 Å². The zero-order chi connectivity index (χ0) is 19.9. The molecule has 1 aliphatic heterocycles. The van der Waals surface area contributed by atoms with E-state index >= 15 is 0 Å². The molecule has 0 spiro atoms. The highest BCUT2D eigenvalue weighted by Crippen LogP contribution is 2.42. The molecule has 27 heavy (non-hydrogen) atoms. The zero-order valence-corrected chi connectivity index (χ0v) is 13.7. The summed E-state index contributed by atoms with van der Waals surface area (Å²) in [4.78, 5) is 28.7. The molecule has 142 valence electrons. The number of halogens is 5. The Morgan fingerprint density at radius 1 is 1.11 bits per heavy atom. The number of aromatic nitrogens is 1. The maximum atomic E-state index is 14.3. The van der Waals surface area contributed by atoms with E-state index in [4.69, 9.17) is 4.74 Å². The van der Waals surface area contributed by atoms with Crippen molar-refractivity contribution in [1.29, 1.82) is 0 Å². The van der Waals surface area contributed by atoms with Crippen LogP contribution in [-0.2, 0) is 9.53 Å². The minimum Gasteiger partial charge on any atom is -0.466 e. The van der Waals surface area contributed by atoms with Crippen molar-refractivity contribution in [2.24, 2.45) is 0 Å². The Balaban J connectivity index is 2.19. The molecule has 1 aromatic carbocycles. The van der Waals surface area contributed by atoms with Crippen LogP contribution in [-0.4, -0.2) is 23.5 Å². The van der Waals surface area contributed by atoms with Gasteiger partial charge < -0.3 is 4.74 Å². The van der Waals surface area contributed by atoms with Gasteiger partial charge in [0.1, 0.15) is 5.69 Å². The quantitative estimate of drug-likeness (QED) is 0.350. The van der Waals surface area contributed by atoms with Gasteiger partial charge in [0.05, 0.1) is 19.1 Å². The van der Waals surface area contributed by atoms with Crippen LogP contribution >= 0.6 is 0 Å². The summed E-state index contributed by atoms with van der Waals surface area (Å²) in [7, 11) is 0. The number of hydrogen-bond acceptors (Lipinski definition) is 4. The lowest BCUT2D eigenvalue weighted by Crippen LogP contribution is -2.32. The molecule has 1 unspecified atom stereocenters. The molecular formula is C17H11F5N2O3. The van der Waals surface area contributed by atoms with E-state index in [1.807, 2.05) is 0 Å². The van der Waals surface area contributed by atoms with Gasteiger partial charge in [0.2, 0.25) is 5.82 Å². The minimum atomic E-state index is -2.35. The molecule has 3 rings (SSSR count). The van der Waals surface area contributed by atoms with Crippen molar-refractivity contribution in [3.63, 3.8) is 0 Å². The Bertz CT molecular complexity index is 921. The number of amides is 1. The summed E-state index contributed by atoms with van der Waals surface area (Å²) in [6.07, 6.45) is 1.85. The van der Waals surface area contributed by atoms with E-state index in [9.17, 15) is 31.5 Å². The van der Waals surface area contributed by atoms with E-state index in [0.717, 1.165) is 0 Å². The molecule has 0 N–H and O–H groups in total. The first-order chi connectivity index (χ1) is 12.8. The fourth-order valence-corrected chi connectivity index (χ4v) is 2.92. The summed E-state index contributed by atoms with van der Waals surface area (Å²) >= 11 is 0. The third-order valence-corrected chi connectivity index (χ3v) is 4.06. The van der Waals surface area contributed by atoms with Crippen LogP contribution in [0.15, 0.2) is 18.5 Å². The summed E-state index contributed by atoms with van der Waals surface area (Å²) < 4.78 is 73.9. The highest BCUT2D eigenvalue weighted by atomic mass is 19.2. The molecule has 0 aliphatic carbocycles. The maximum absolute atomic E-state index is 14.3. The summed E-state index contributed by atoms with van der Waals surface area (Å²) in [5.74, 6) is -12.9. The molecule has 5 nitrogen and oxygen atoms in total. The van der Waals surface area contributed by atoms with Gasteiger partial charge in [-0.25, -0.2) is 22.0 Å². The van der Waals surface area contributed by atoms with Gasteiger partial charge in [-0.15, -0.1) is 0 Å². The number of hydrogen-bond donors (Lipinski definition) is 0. The number of rotatable bonds is 4. The topological polar surface area (TPSA) is 59.5 Å². The summed E-state index contributed by atoms with van der Waals surface area (Å²) in [5.41, 5.74) is -1.38. The predicted molar refractivity (Wildman–Crippen MR) is 81.3 cm³/mol. The molecule has 1 aromatic heterocycles. The number of esters is 1. The van der Waals surface area contributed by atoms with Crippen molar-refractivity contribution in [1.82, 2.24) is 4.98 Å². The summed E-state index contributed by atoms with van der Waals surface area (Å²) in [5, 5.41) is 0. The lowest BCUT2D eigenvalue weighted by molar-refractivity contribution is -0.143. The Kier molecular flexibility index (Phi) is 4.81. The van der Waals surface area contributed by atoms with Crippen LogP contribution in [0.3, 0.4) is 0 Å². The molecular weight excluding hydrogens is 375 g/mol. The summed E-state index contributed by atoms with van der Waals surface area (Å²) in [6, 6.07) is -0.115. The SMILES string of the molecule is CCOC(=O)CC1c2cnccc2C(=O)N1c1c(F)c(F)c(F)c(F)c1F. The van der Waals surface area contributed by atoms with Gasteiger partial charge in [-0.3, -0.25) is 19.5 Å². The second kappa shape index (κ2) is 6.93. The van der Waals surface area contributed by atoms with Crippen molar-refractivity contribution in [2.75, 3.05) is 11.5 Å². The fraction of sp³-hybridized carbons (Fsp3) is 0.235. The molecule has 2 aromatic rings. The Morgan fingerprint density at radius 2 is 1.70 bits per heavy atom. The number of ether oxygens (including phenoxy) is 1. The van der Waals surface area contributed by atoms with Gasteiger partial charge in [-0.1, -0.05) is 0 Å². The standard InChI is InChI=1S/C17H11F5N2O3/c1-2-27-10(25)5-9-8-6-23-4-3-7(8)17(26)24(9)16-14(21)12(19)11(18)13(20)15(16)22/h3-4,6,9H,2,5H2,1H3. The molecule has 0 bridgehead atoms. The molecule has 10 heteroatoms. The third-order valence-electron chi connectivity index (χ3n) is 4.06. The maximum Gasteiger partial charge on any atom is 0.308 e. The third kappa shape index (κ3) is 2.90. The van der Waals surface area contributed by atoms with Crippen LogP contribution in [0, 0.1) is 29.1 Å². The van der Waals surface area contributed by atoms with Crippen LogP contribution in [0.1, 0.15) is 35.3 Å². The van der Waals surface area contributed by atoms with Gasteiger partial charge in [0.15, 0.2) is 23.3 Å². The molecule has 0 fully saturated rings. The van der Waals surface area contributed by atoms with Gasteiger partial charge in [-0.2, -0.15) is 0 Å². The second-order valence-corrected chi connectivity index (χ2v) is 5.58. The average molecular weight is 386 g/mol. The van der Waals surface area contributed by atoms with E-state index < -0.39 is 59.1 Å². The van der Waals surface area contributed by atoms with E-state index in [1.165, 1.54) is 25.4 Å². The Hall–Kier alpha value is -3.04. The van der Waals surface area contributed by atoms with Crippen molar-refractivity contribution in [2.45, 2.75) is 19.4 Å². The Labute approximate surface area is 149 Å². The molecule has 1 atom stereocenters. The first-order valence-electron chi connectivity index (χ1n) is 7.74. The Morgan fingerprint density at radius 3 is 2.30 bits per heavy atom. The zero-order valence-electron chi connectivity index (χ0n) is 13.7. The lowest BCUT2D eigenvalue weighted by atomic mass is 10.0. The summed E-state index contributed by atoms with van der Waals surface area (Å²) in [6.45, 7) is 1.52. The van der Waals surface area contributed by atoms with Crippen molar-refractivity contribution in [3.8, 4) is 0 Å². The molecule has 0 radical (unpaired) electrons. The minimum absolute atomic E-state index is 0.00191. The smallest absolute Gasteiger partial charge is 0.308 e. The van der Waals surface area contributed by atoms with Gasteiger partial charge in [0.25, 0.3) is 5.91 Å². The number of fused-ring (bicyclic) bond motifs is 1. The molecule has 0 saturated carbocycles. The monoisotopic (exact) mass is 386 g/mol. The first kappa shape index (κ1) is 18.7. The van der Waals surface area contributed by atoms with Crippen LogP contribution in [0.2, 0.25) is 0 Å².